The summed E-state index contributed by atoms with van der Waals surface area (Å²) in [6.07, 6.45) is -3.49. The Hall–Kier alpha value is -4.07. The molecule has 1 aliphatic carbocycles. The first-order valence-corrected chi connectivity index (χ1v) is 12.5. The molecule has 2 aromatic heterocycles. The molecule has 2 aliphatic rings. The minimum atomic E-state index is -4.76. The number of alkyl halides is 3. The maximum atomic E-state index is 15.1. The molecule has 0 spiro atoms. The smallest absolute Gasteiger partial charge is 0.395 e. The van der Waals surface area contributed by atoms with E-state index >= 15 is 8.78 Å². The Balaban J connectivity index is 1.67. The fourth-order valence-electron chi connectivity index (χ4n) is 4.84. The van der Waals surface area contributed by atoms with Crippen molar-refractivity contribution in [3.63, 3.8) is 0 Å². The highest BCUT2D eigenvalue weighted by molar-refractivity contribution is 5.98. The van der Waals surface area contributed by atoms with Crippen molar-refractivity contribution >= 4 is 28.8 Å². The number of rotatable bonds is 7. The Morgan fingerprint density at radius 1 is 1.15 bits per heavy atom. The van der Waals surface area contributed by atoms with Crippen LogP contribution in [0.25, 0.3) is 16.7 Å². The highest BCUT2D eigenvalue weighted by atomic mass is 19.4. The van der Waals surface area contributed by atoms with Crippen LogP contribution in [-0.4, -0.2) is 70.0 Å². The Bertz CT molecular complexity index is 1550. The number of nitrogens with one attached hydrogen (secondary N) is 1. The number of nitrogens with zero attached hydrogens (tertiary/aromatic N) is 4. The lowest BCUT2D eigenvalue weighted by atomic mass is 10.1. The summed E-state index contributed by atoms with van der Waals surface area (Å²) >= 11 is 0. The molecule has 3 amide bonds. The fourth-order valence-corrected chi connectivity index (χ4v) is 4.84. The van der Waals surface area contributed by atoms with Crippen molar-refractivity contribution in [2.45, 2.75) is 32.0 Å². The van der Waals surface area contributed by atoms with Crippen molar-refractivity contribution in [2.24, 2.45) is 5.92 Å². The summed E-state index contributed by atoms with van der Waals surface area (Å²) in [5.41, 5.74) is -2.55. The predicted octanol–water partition coefficient (Wildman–Crippen LogP) is 3.28. The van der Waals surface area contributed by atoms with Crippen molar-refractivity contribution in [2.75, 3.05) is 31.1 Å². The third kappa shape index (κ3) is 4.98. The van der Waals surface area contributed by atoms with E-state index < -0.39 is 58.4 Å². The van der Waals surface area contributed by atoms with Crippen LogP contribution in [0.1, 0.15) is 28.8 Å². The topological polar surface area (TPSA) is 108 Å². The van der Waals surface area contributed by atoms with Crippen molar-refractivity contribution < 1.29 is 36.6 Å². The Morgan fingerprint density at radius 2 is 1.82 bits per heavy atom. The van der Waals surface area contributed by atoms with Crippen LogP contribution in [0.5, 0.6) is 0 Å². The van der Waals surface area contributed by atoms with Gasteiger partial charge in [-0.1, -0.05) is 0 Å². The molecule has 212 valence electrons. The van der Waals surface area contributed by atoms with E-state index in [1.54, 1.807) is 0 Å². The number of fused-ring (bicyclic) bond motifs is 1. The van der Waals surface area contributed by atoms with E-state index in [1.165, 1.54) is 28.9 Å². The van der Waals surface area contributed by atoms with Gasteiger partial charge in [-0.2, -0.15) is 13.2 Å². The summed E-state index contributed by atoms with van der Waals surface area (Å²) < 4.78 is 71.8. The average Bonchev–Trinajstić information content (AvgIpc) is 3.65. The van der Waals surface area contributed by atoms with Crippen LogP contribution in [0.2, 0.25) is 0 Å². The Morgan fingerprint density at radius 3 is 2.42 bits per heavy atom. The maximum absolute atomic E-state index is 15.1. The lowest BCUT2D eigenvalue weighted by Crippen LogP contribution is -2.48. The number of carbonyl (C=O) groups excluding carboxylic acids is 2. The third-order valence-corrected chi connectivity index (χ3v) is 6.96. The number of aromatic nitrogens is 2. The Labute approximate surface area is 223 Å². The van der Waals surface area contributed by atoms with Crippen LogP contribution in [-0.2, 0) is 0 Å². The molecular weight excluding hydrogens is 541 g/mol. The van der Waals surface area contributed by atoms with Gasteiger partial charge in [-0.15, -0.1) is 0 Å². The van der Waals surface area contributed by atoms with E-state index in [0.717, 1.165) is 22.9 Å². The molecule has 0 unspecified atom stereocenters. The van der Waals surface area contributed by atoms with Gasteiger partial charge in [0.1, 0.15) is 23.1 Å². The van der Waals surface area contributed by atoms with Crippen LogP contribution in [0.4, 0.5) is 32.6 Å². The molecule has 3 heterocycles. The second kappa shape index (κ2) is 10.2. The van der Waals surface area contributed by atoms with Gasteiger partial charge >= 0.3 is 12.2 Å². The molecule has 1 saturated heterocycles. The number of aliphatic hydroxyl groups excluding tert-OH is 1. The van der Waals surface area contributed by atoms with Gasteiger partial charge in [0.2, 0.25) is 5.43 Å². The van der Waals surface area contributed by atoms with Crippen molar-refractivity contribution in [3.8, 4) is 5.69 Å². The van der Waals surface area contributed by atoms with E-state index in [9.17, 15) is 32.7 Å². The summed E-state index contributed by atoms with van der Waals surface area (Å²) in [6.45, 7) is 1.70. The van der Waals surface area contributed by atoms with Crippen molar-refractivity contribution in [3.05, 3.63) is 63.4 Å². The quantitative estimate of drug-likeness (QED) is 0.428. The monoisotopic (exact) mass is 565 g/mol. The first kappa shape index (κ1) is 27.5. The summed E-state index contributed by atoms with van der Waals surface area (Å²) in [6, 6.07) is 1.84. The highest BCUT2D eigenvalue weighted by Gasteiger charge is 2.50. The van der Waals surface area contributed by atoms with Crippen molar-refractivity contribution in [1.29, 1.82) is 0 Å². The number of β-amino-alcohol motifs (C(OH)–C–C–N with tert-alkyl or cyclic N) is 1. The van der Waals surface area contributed by atoms with Gasteiger partial charge in [0, 0.05) is 25.8 Å². The molecule has 1 atom stereocenters. The van der Waals surface area contributed by atoms with Crippen LogP contribution in [0.15, 0.2) is 35.3 Å². The number of urea groups is 1. The number of carbonyl (C=O) groups is 2. The van der Waals surface area contributed by atoms with E-state index in [0.29, 0.717) is 0 Å². The summed E-state index contributed by atoms with van der Waals surface area (Å²) in [5, 5.41) is 10.7. The molecule has 5 rings (SSSR count). The SMILES string of the molecule is Cc1cc(F)c(-n2cc(C(=O)N[C@@H](C3CC3)C(F)(F)F)c(=O)c3ccc(N4CCN(CCO)C4=O)nc32)c(F)c1. The Kier molecular flexibility index (Phi) is 6.98. The molecule has 14 heteroatoms. The van der Waals surface area contributed by atoms with Gasteiger partial charge in [0.15, 0.2) is 17.3 Å². The number of pyridine rings is 2. The number of aryl methyl sites for hydroxylation is 1. The largest absolute Gasteiger partial charge is 0.408 e. The minimum absolute atomic E-state index is 0.0297. The number of hydrogen-bond donors (Lipinski definition) is 2. The molecule has 40 heavy (non-hydrogen) atoms. The zero-order chi connectivity index (χ0) is 28.9. The van der Waals surface area contributed by atoms with Gasteiger partial charge in [-0.05, 0) is 55.5 Å². The summed E-state index contributed by atoms with van der Waals surface area (Å²) in [7, 11) is 0. The molecule has 1 aliphatic heterocycles. The second-order valence-corrected chi connectivity index (χ2v) is 9.83. The first-order valence-electron chi connectivity index (χ1n) is 12.5. The highest BCUT2D eigenvalue weighted by Crippen LogP contribution is 2.40. The van der Waals surface area contributed by atoms with E-state index in [2.05, 4.69) is 4.98 Å². The van der Waals surface area contributed by atoms with Gasteiger partial charge in [-0.25, -0.2) is 18.6 Å². The van der Waals surface area contributed by atoms with E-state index in [-0.39, 0.29) is 61.5 Å². The number of amides is 3. The molecule has 2 N–H and O–H groups in total. The molecule has 2 fully saturated rings. The first-order chi connectivity index (χ1) is 18.9. The van der Waals surface area contributed by atoms with Crippen LogP contribution in [0.3, 0.4) is 0 Å². The fraction of sp³-hybridized carbons (Fsp3) is 0.385. The molecular formula is C26H24F5N5O4. The zero-order valence-corrected chi connectivity index (χ0v) is 21.1. The standard InChI is InChI=1S/C26H24F5N5O4/c1-13-10-17(27)20(18(28)11-13)36-12-16(24(39)33-22(14-2-3-14)26(29,30)31)21(38)15-4-5-19(32-23(15)36)35-7-6-34(8-9-37)25(35)40/h4-5,10-12,14,22,37H,2-3,6-9H2,1H3,(H,33,39)/t22-/m0/s1. The number of aliphatic hydroxyl groups is 1. The van der Waals surface area contributed by atoms with Gasteiger partial charge in [0.05, 0.1) is 12.0 Å². The molecule has 9 nitrogen and oxygen atoms in total. The number of benzene rings is 1. The molecule has 1 saturated carbocycles. The van der Waals surface area contributed by atoms with E-state index in [4.69, 9.17) is 0 Å². The van der Waals surface area contributed by atoms with Gasteiger partial charge < -0.3 is 15.3 Å². The maximum Gasteiger partial charge on any atom is 0.408 e. The molecule has 0 bridgehead atoms. The van der Waals surface area contributed by atoms with Gasteiger partial charge in [-0.3, -0.25) is 19.1 Å². The molecule has 0 radical (unpaired) electrons. The van der Waals surface area contributed by atoms with E-state index in [1.807, 2.05) is 5.32 Å². The molecule has 3 aromatic rings. The lowest BCUT2D eigenvalue weighted by molar-refractivity contribution is -0.158. The second-order valence-electron chi connectivity index (χ2n) is 9.83. The number of hydrogen-bond acceptors (Lipinski definition) is 5. The molecule has 1 aromatic carbocycles. The third-order valence-electron chi connectivity index (χ3n) is 6.96. The van der Waals surface area contributed by atoms with Crippen LogP contribution >= 0.6 is 0 Å². The summed E-state index contributed by atoms with van der Waals surface area (Å²) in [4.78, 5) is 46.0. The number of halogens is 5. The predicted molar refractivity (Wildman–Crippen MR) is 133 cm³/mol. The lowest BCUT2D eigenvalue weighted by Gasteiger charge is -2.22. The zero-order valence-electron chi connectivity index (χ0n) is 21.1. The minimum Gasteiger partial charge on any atom is -0.395 e. The van der Waals surface area contributed by atoms with Gasteiger partial charge in [0.25, 0.3) is 5.91 Å². The van der Waals surface area contributed by atoms with Crippen LogP contribution < -0.4 is 15.6 Å². The normalized spacial score (nSPS) is 16.6. The van der Waals surface area contributed by atoms with Crippen molar-refractivity contribution in [1.82, 2.24) is 19.8 Å². The van der Waals surface area contributed by atoms with Crippen LogP contribution in [0, 0.1) is 24.5 Å². The summed E-state index contributed by atoms with van der Waals surface area (Å²) in [5.74, 6) is -4.29. The number of anilines is 1. The average molecular weight is 565 g/mol.